The van der Waals surface area contributed by atoms with Crippen molar-refractivity contribution >= 4 is 28.4 Å². The van der Waals surface area contributed by atoms with Crippen LogP contribution in [-0.4, -0.2) is 48.0 Å². The Labute approximate surface area is 188 Å². The Bertz CT molecular complexity index is 1130. The van der Waals surface area contributed by atoms with Gasteiger partial charge in [0.15, 0.2) is 0 Å². The first kappa shape index (κ1) is 21.9. The molecule has 1 aliphatic heterocycles. The monoisotopic (exact) mass is 434 g/mol. The van der Waals surface area contributed by atoms with E-state index in [4.69, 9.17) is 10.5 Å². The van der Waals surface area contributed by atoms with Crippen LogP contribution in [0.4, 0.5) is 5.69 Å². The highest BCUT2D eigenvalue weighted by molar-refractivity contribution is 5.97. The van der Waals surface area contributed by atoms with E-state index in [0.717, 1.165) is 66.8 Å². The van der Waals surface area contributed by atoms with E-state index in [1.165, 1.54) is 6.92 Å². The number of amides is 2. The number of hydrogen-bond donors (Lipinski definition) is 2. The van der Waals surface area contributed by atoms with Gasteiger partial charge >= 0.3 is 0 Å². The highest BCUT2D eigenvalue weighted by Crippen LogP contribution is 2.30. The van der Waals surface area contributed by atoms with E-state index in [1.54, 1.807) is 13.2 Å². The predicted octanol–water partition coefficient (Wildman–Crippen LogP) is 3.59. The second-order valence-electron chi connectivity index (χ2n) is 8.35. The Morgan fingerprint density at radius 3 is 2.62 bits per heavy atom. The summed E-state index contributed by atoms with van der Waals surface area (Å²) in [5.41, 5.74) is 8.93. The summed E-state index contributed by atoms with van der Waals surface area (Å²) >= 11 is 0. The lowest BCUT2D eigenvalue weighted by Gasteiger charge is -2.33. The molecule has 0 spiro atoms. The van der Waals surface area contributed by atoms with Crippen LogP contribution in [0.1, 0.15) is 41.7 Å². The van der Waals surface area contributed by atoms with Gasteiger partial charge in [-0.05, 0) is 55.0 Å². The Morgan fingerprint density at radius 2 is 1.94 bits per heavy atom. The number of ether oxygens (including phenoxy) is 1. The summed E-state index contributed by atoms with van der Waals surface area (Å²) in [6, 6.07) is 13.9. The summed E-state index contributed by atoms with van der Waals surface area (Å²) in [5, 5.41) is 4.04. The number of likely N-dealkylation sites (tertiary alicyclic amines) is 1. The number of rotatable bonds is 7. The Balaban J connectivity index is 1.41. The molecule has 1 saturated heterocycles. The van der Waals surface area contributed by atoms with Crippen molar-refractivity contribution in [2.75, 3.05) is 32.1 Å². The quantitative estimate of drug-likeness (QED) is 0.595. The number of hydrogen-bond acceptors (Lipinski definition) is 4. The van der Waals surface area contributed by atoms with E-state index in [-0.39, 0.29) is 5.91 Å². The van der Waals surface area contributed by atoms with Gasteiger partial charge < -0.3 is 25.3 Å². The predicted molar refractivity (Wildman–Crippen MR) is 126 cm³/mol. The van der Waals surface area contributed by atoms with Crippen molar-refractivity contribution in [1.82, 2.24) is 9.47 Å². The first-order valence-electron chi connectivity index (χ1n) is 11.0. The summed E-state index contributed by atoms with van der Waals surface area (Å²) in [4.78, 5) is 25.6. The third kappa shape index (κ3) is 4.62. The minimum absolute atomic E-state index is 0.0845. The van der Waals surface area contributed by atoms with Gasteiger partial charge in [-0.15, -0.1) is 0 Å². The Hall–Kier alpha value is -3.32. The fourth-order valence-corrected chi connectivity index (χ4v) is 4.63. The second kappa shape index (κ2) is 9.44. The zero-order valence-electron chi connectivity index (χ0n) is 18.6. The van der Waals surface area contributed by atoms with E-state index in [0.29, 0.717) is 11.6 Å². The number of nitrogens with one attached hydrogen (secondary N) is 1. The average molecular weight is 435 g/mol. The molecule has 0 bridgehead atoms. The molecule has 2 amide bonds. The molecule has 1 aliphatic rings. The molecule has 2 aromatic carbocycles. The molecule has 168 valence electrons. The molecule has 0 saturated carbocycles. The molecular weight excluding hydrogens is 404 g/mol. The second-order valence-corrected chi connectivity index (χ2v) is 8.35. The number of carbonyl (C=O) groups is 2. The zero-order chi connectivity index (χ0) is 22.7. The summed E-state index contributed by atoms with van der Waals surface area (Å²) < 4.78 is 7.82. The molecule has 1 aromatic heterocycles. The fraction of sp³-hybridized carbons (Fsp3) is 0.360. The van der Waals surface area contributed by atoms with Crippen molar-refractivity contribution in [3.05, 3.63) is 59.8 Å². The van der Waals surface area contributed by atoms with Crippen LogP contribution in [0.3, 0.4) is 0 Å². The maximum Gasteiger partial charge on any atom is 0.248 e. The first-order chi connectivity index (χ1) is 15.5. The number of fused-ring (bicyclic) bond motifs is 1. The third-order valence-electron chi connectivity index (χ3n) is 6.30. The standard InChI is InChI=1S/C25H30N4O3/c1-17(30)27-22-4-3-5-24(32-2)21(22)11-14-28-12-9-20(10-13-28)29-15-8-18-6-7-19(25(26)31)16-23(18)29/h3-8,15-16,20H,9-14H2,1-2H3,(H2,26,31)(H,27,30). The number of anilines is 1. The molecule has 7 heteroatoms. The highest BCUT2D eigenvalue weighted by Gasteiger charge is 2.22. The van der Waals surface area contributed by atoms with Gasteiger partial charge in [0.05, 0.1) is 7.11 Å². The Kier molecular flexibility index (Phi) is 6.46. The molecule has 0 radical (unpaired) electrons. The lowest BCUT2D eigenvalue weighted by Crippen LogP contribution is -2.36. The molecule has 2 heterocycles. The maximum atomic E-state index is 11.6. The van der Waals surface area contributed by atoms with E-state index >= 15 is 0 Å². The number of nitrogens with two attached hydrogens (primary N) is 1. The molecule has 0 unspecified atom stereocenters. The van der Waals surface area contributed by atoms with Gasteiger partial charge in [0, 0.05) is 61.1 Å². The van der Waals surface area contributed by atoms with Gasteiger partial charge in [-0.3, -0.25) is 9.59 Å². The molecule has 0 atom stereocenters. The molecule has 1 fully saturated rings. The van der Waals surface area contributed by atoms with Crippen LogP contribution >= 0.6 is 0 Å². The SMILES string of the molecule is COc1cccc(NC(C)=O)c1CCN1CCC(n2ccc3ccc(C(N)=O)cc32)CC1. The van der Waals surface area contributed by atoms with Crippen LogP contribution in [0.15, 0.2) is 48.7 Å². The van der Waals surface area contributed by atoms with Crippen LogP contribution in [0.2, 0.25) is 0 Å². The van der Waals surface area contributed by atoms with Gasteiger partial charge in [-0.1, -0.05) is 12.1 Å². The summed E-state index contributed by atoms with van der Waals surface area (Å²) in [6.45, 7) is 4.40. The lowest BCUT2D eigenvalue weighted by atomic mass is 10.0. The van der Waals surface area contributed by atoms with Gasteiger partial charge in [0.1, 0.15) is 5.75 Å². The third-order valence-corrected chi connectivity index (χ3v) is 6.30. The summed E-state index contributed by atoms with van der Waals surface area (Å²) in [7, 11) is 1.66. The van der Waals surface area contributed by atoms with Crippen molar-refractivity contribution in [2.45, 2.75) is 32.2 Å². The number of nitrogens with zero attached hydrogens (tertiary/aromatic N) is 2. The van der Waals surface area contributed by atoms with E-state index in [9.17, 15) is 9.59 Å². The van der Waals surface area contributed by atoms with Crippen LogP contribution in [0, 0.1) is 0 Å². The van der Waals surface area contributed by atoms with E-state index < -0.39 is 5.91 Å². The van der Waals surface area contributed by atoms with Crippen molar-refractivity contribution in [3.63, 3.8) is 0 Å². The number of methoxy groups -OCH3 is 1. The number of aromatic nitrogens is 1. The molecule has 0 aliphatic carbocycles. The average Bonchev–Trinajstić information content (AvgIpc) is 3.21. The van der Waals surface area contributed by atoms with Crippen LogP contribution in [0.25, 0.3) is 10.9 Å². The van der Waals surface area contributed by atoms with Crippen LogP contribution < -0.4 is 15.8 Å². The van der Waals surface area contributed by atoms with Crippen LogP contribution in [-0.2, 0) is 11.2 Å². The topological polar surface area (TPSA) is 89.6 Å². The molecular formula is C25H30N4O3. The normalized spacial score (nSPS) is 15.1. The molecule has 3 N–H and O–H groups in total. The number of piperidine rings is 1. The summed E-state index contributed by atoms with van der Waals surface area (Å²) in [5.74, 6) is 0.318. The zero-order valence-corrected chi connectivity index (χ0v) is 18.6. The minimum Gasteiger partial charge on any atom is -0.496 e. The molecule has 7 nitrogen and oxygen atoms in total. The van der Waals surface area contributed by atoms with Gasteiger partial charge in [-0.25, -0.2) is 0 Å². The lowest BCUT2D eigenvalue weighted by molar-refractivity contribution is -0.114. The van der Waals surface area contributed by atoms with E-state index in [2.05, 4.69) is 27.0 Å². The van der Waals surface area contributed by atoms with Crippen molar-refractivity contribution < 1.29 is 14.3 Å². The van der Waals surface area contributed by atoms with E-state index in [1.807, 2.05) is 30.3 Å². The van der Waals surface area contributed by atoms with Gasteiger partial charge in [-0.2, -0.15) is 0 Å². The van der Waals surface area contributed by atoms with Crippen molar-refractivity contribution in [1.29, 1.82) is 0 Å². The number of benzene rings is 2. The highest BCUT2D eigenvalue weighted by atomic mass is 16.5. The van der Waals surface area contributed by atoms with Gasteiger partial charge in [0.2, 0.25) is 11.8 Å². The van der Waals surface area contributed by atoms with Crippen LogP contribution in [0.5, 0.6) is 5.75 Å². The number of primary amides is 1. The molecule has 4 rings (SSSR count). The minimum atomic E-state index is -0.399. The fourth-order valence-electron chi connectivity index (χ4n) is 4.63. The maximum absolute atomic E-state index is 11.6. The molecule has 3 aromatic rings. The Morgan fingerprint density at radius 1 is 1.16 bits per heavy atom. The van der Waals surface area contributed by atoms with Crippen molar-refractivity contribution in [3.8, 4) is 5.75 Å². The van der Waals surface area contributed by atoms with Crippen molar-refractivity contribution in [2.24, 2.45) is 5.73 Å². The largest absolute Gasteiger partial charge is 0.496 e. The smallest absolute Gasteiger partial charge is 0.248 e. The summed E-state index contributed by atoms with van der Waals surface area (Å²) in [6.07, 6.45) is 4.99. The first-order valence-corrected chi connectivity index (χ1v) is 11.0. The van der Waals surface area contributed by atoms with Gasteiger partial charge in [0.25, 0.3) is 0 Å². The number of carbonyl (C=O) groups excluding carboxylic acids is 2. The molecule has 32 heavy (non-hydrogen) atoms.